The van der Waals surface area contributed by atoms with Crippen molar-refractivity contribution in [1.82, 2.24) is 29.3 Å². The number of allylic oxidation sites excluding steroid dienone is 1. The van der Waals surface area contributed by atoms with Gasteiger partial charge in [-0.1, -0.05) is 6.07 Å². The normalized spacial score (nSPS) is 12.9. The van der Waals surface area contributed by atoms with Gasteiger partial charge in [0.2, 0.25) is 11.8 Å². The Labute approximate surface area is 268 Å². The van der Waals surface area contributed by atoms with Crippen LogP contribution in [-0.4, -0.2) is 90.1 Å². The van der Waals surface area contributed by atoms with E-state index in [9.17, 15) is 12.8 Å². The van der Waals surface area contributed by atoms with Crippen molar-refractivity contribution in [2.45, 2.75) is 13.7 Å². The number of anilines is 1. The summed E-state index contributed by atoms with van der Waals surface area (Å²) in [6, 6.07) is 8.61. The number of rotatable bonds is 13. The van der Waals surface area contributed by atoms with E-state index in [0.717, 1.165) is 6.20 Å². The van der Waals surface area contributed by atoms with E-state index in [1.165, 1.54) is 55.8 Å². The first-order chi connectivity index (χ1) is 21.9. The molecule has 246 valence electrons. The molecule has 0 aliphatic carbocycles. The Morgan fingerprint density at radius 2 is 1.76 bits per heavy atom. The van der Waals surface area contributed by atoms with Crippen LogP contribution in [-0.2, 0) is 21.5 Å². The lowest BCUT2D eigenvalue weighted by atomic mass is 10.2. The third-order valence-electron chi connectivity index (χ3n) is 7.07. The van der Waals surface area contributed by atoms with Crippen molar-refractivity contribution in [3.8, 4) is 28.8 Å². The zero-order chi connectivity index (χ0) is 33.2. The molecule has 0 N–H and O–H groups in total. The number of benzene rings is 1. The summed E-state index contributed by atoms with van der Waals surface area (Å²) in [7, 11) is -0.994. The molecule has 0 fully saturated rings. The largest absolute Gasteiger partial charge is 0.494 e. The Bertz CT molecular complexity index is 1960. The molecule has 0 bridgehead atoms. The standard InChI is InChI=1S/C30H36FN7O6S2/c1-20(16-22-26-27(21(31)17-32-22)36(18-33-26)19-41-2)46(39,40)37(13-15-45(5,6)7)30-35-34-29(25-12-9-14-44-25)38(30)28-23(42-3)10-8-11-24(28)43-4/h8-12,14,16-18H,13,15,19H2,1-7H3/b20-16-. The first-order valence-electron chi connectivity index (χ1n) is 14.0. The van der Waals surface area contributed by atoms with Gasteiger partial charge < -0.3 is 23.2 Å². The SMILES string of the molecule is COCn1cnc2c(/C=C(/C)S(=O)(=O)N(CCS(C)(C)C)c3nnc(-c4ccco4)n3-c3c(OC)cccc3OC)ncc(F)c21. The maximum absolute atomic E-state index is 14.8. The molecule has 1 aromatic carbocycles. The molecule has 4 aromatic heterocycles. The van der Waals surface area contributed by atoms with E-state index >= 15 is 0 Å². The summed E-state index contributed by atoms with van der Waals surface area (Å²) in [5, 5.41) is 8.81. The predicted molar refractivity (Wildman–Crippen MR) is 177 cm³/mol. The molecule has 5 rings (SSSR count). The van der Waals surface area contributed by atoms with Gasteiger partial charge in [-0.05, 0) is 61.8 Å². The summed E-state index contributed by atoms with van der Waals surface area (Å²) in [5.74, 6) is 1.30. The molecule has 0 saturated carbocycles. The summed E-state index contributed by atoms with van der Waals surface area (Å²) in [5.41, 5.74) is 0.902. The van der Waals surface area contributed by atoms with Crippen LogP contribution in [0.3, 0.4) is 0 Å². The average Bonchev–Trinajstić information content (AvgIpc) is 3.78. The monoisotopic (exact) mass is 673 g/mol. The fourth-order valence-electron chi connectivity index (χ4n) is 4.80. The van der Waals surface area contributed by atoms with Crippen LogP contribution < -0.4 is 13.8 Å². The highest BCUT2D eigenvalue weighted by molar-refractivity contribution is 8.32. The molecular weight excluding hydrogens is 638 g/mol. The number of furan rings is 1. The minimum absolute atomic E-state index is 0.00724. The number of halogens is 1. The predicted octanol–water partition coefficient (Wildman–Crippen LogP) is 4.92. The molecule has 0 saturated heterocycles. The van der Waals surface area contributed by atoms with Crippen molar-refractivity contribution >= 4 is 43.1 Å². The number of hydrogen-bond donors (Lipinski definition) is 0. The lowest BCUT2D eigenvalue weighted by molar-refractivity contribution is 0.134. The van der Waals surface area contributed by atoms with Gasteiger partial charge in [-0.3, -0.25) is 9.55 Å². The molecule has 46 heavy (non-hydrogen) atoms. The molecule has 0 unspecified atom stereocenters. The zero-order valence-electron chi connectivity index (χ0n) is 26.6. The highest BCUT2D eigenvalue weighted by Gasteiger charge is 2.34. The van der Waals surface area contributed by atoms with Crippen molar-refractivity contribution in [3.05, 3.63) is 65.5 Å². The van der Waals surface area contributed by atoms with Crippen LogP contribution in [0.2, 0.25) is 0 Å². The lowest BCUT2D eigenvalue weighted by Crippen LogP contribution is -2.36. The molecule has 13 nitrogen and oxygen atoms in total. The second kappa shape index (κ2) is 13.1. The van der Waals surface area contributed by atoms with E-state index in [-0.39, 0.29) is 46.7 Å². The Hall–Kier alpha value is -4.41. The number of hydrogen-bond acceptors (Lipinski definition) is 10. The first-order valence-corrected chi connectivity index (χ1v) is 18.4. The fourth-order valence-corrected chi connectivity index (χ4v) is 6.92. The number of fused-ring (bicyclic) bond motifs is 1. The molecule has 0 spiro atoms. The van der Waals surface area contributed by atoms with Crippen LogP contribution in [0, 0.1) is 5.82 Å². The van der Waals surface area contributed by atoms with Crippen LogP contribution in [0.5, 0.6) is 11.5 Å². The van der Waals surface area contributed by atoms with Crippen LogP contribution in [0.15, 0.2) is 58.4 Å². The molecular formula is C30H36FN7O6S2. The topological polar surface area (TPSA) is 140 Å². The number of para-hydroxylation sites is 1. The van der Waals surface area contributed by atoms with Crippen molar-refractivity contribution in [3.63, 3.8) is 0 Å². The molecule has 0 amide bonds. The third kappa shape index (κ3) is 6.32. The van der Waals surface area contributed by atoms with Crippen LogP contribution in [0.1, 0.15) is 12.6 Å². The van der Waals surface area contributed by atoms with Crippen molar-refractivity contribution in [2.24, 2.45) is 0 Å². The minimum Gasteiger partial charge on any atom is -0.494 e. The molecule has 0 aliphatic rings. The molecule has 0 radical (unpaired) electrons. The van der Waals surface area contributed by atoms with E-state index in [0.29, 0.717) is 28.7 Å². The summed E-state index contributed by atoms with van der Waals surface area (Å²) < 4.78 is 70.5. The second-order valence-electron chi connectivity index (χ2n) is 11.1. The lowest BCUT2D eigenvalue weighted by Gasteiger charge is -2.31. The van der Waals surface area contributed by atoms with Gasteiger partial charge in [0, 0.05) is 13.7 Å². The number of aromatic nitrogens is 6. The Morgan fingerprint density at radius 1 is 1.04 bits per heavy atom. The highest BCUT2D eigenvalue weighted by atomic mass is 32.3. The molecule has 5 aromatic rings. The number of methoxy groups -OCH3 is 3. The third-order valence-corrected chi connectivity index (χ3v) is 10.3. The summed E-state index contributed by atoms with van der Waals surface area (Å²) >= 11 is 0. The molecule has 4 heterocycles. The number of ether oxygens (including phenoxy) is 3. The van der Waals surface area contributed by atoms with Gasteiger partial charge in [-0.2, -0.15) is 0 Å². The molecule has 0 aliphatic heterocycles. The number of imidazole rings is 1. The second-order valence-corrected chi connectivity index (χ2v) is 17.7. The summed E-state index contributed by atoms with van der Waals surface area (Å²) in [6.07, 6.45) is 11.6. The van der Waals surface area contributed by atoms with Crippen molar-refractivity contribution < 1.29 is 31.4 Å². The van der Waals surface area contributed by atoms with E-state index in [1.54, 1.807) is 34.9 Å². The number of pyridine rings is 1. The van der Waals surface area contributed by atoms with Crippen molar-refractivity contribution in [2.75, 3.05) is 56.7 Å². The fraction of sp³-hybridized carbons (Fsp3) is 0.333. The van der Waals surface area contributed by atoms with Gasteiger partial charge in [0.25, 0.3) is 10.0 Å². The van der Waals surface area contributed by atoms with E-state index < -0.39 is 25.9 Å². The van der Waals surface area contributed by atoms with Crippen LogP contribution >= 0.6 is 10.0 Å². The van der Waals surface area contributed by atoms with Gasteiger partial charge in [0.05, 0.1) is 43.6 Å². The number of nitrogens with zero attached hydrogens (tertiary/aromatic N) is 7. The maximum atomic E-state index is 14.8. The van der Waals surface area contributed by atoms with Gasteiger partial charge in [-0.25, -0.2) is 32.1 Å². The van der Waals surface area contributed by atoms with Gasteiger partial charge in [0.1, 0.15) is 35.0 Å². The summed E-state index contributed by atoms with van der Waals surface area (Å²) in [6.45, 7) is 1.59. The van der Waals surface area contributed by atoms with Gasteiger partial charge in [-0.15, -0.1) is 10.2 Å². The maximum Gasteiger partial charge on any atom is 0.262 e. The minimum atomic E-state index is -4.30. The first kappa shape index (κ1) is 33.0. The average molecular weight is 674 g/mol. The Kier molecular flexibility index (Phi) is 9.42. The van der Waals surface area contributed by atoms with Crippen LogP contribution in [0.4, 0.5) is 10.3 Å². The highest BCUT2D eigenvalue weighted by Crippen LogP contribution is 2.41. The van der Waals surface area contributed by atoms with Crippen molar-refractivity contribution in [1.29, 1.82) is 0 Å². The Morgan fingerprint density at radius 3 is 2.37 bits per heavy atom. The van der Waals surface area contributed by atoms with Gasteiger partial charge >= 0.3 is 0 Å². The molecule has 16 heteroatoms. The quantitative estimate of drug-likeness (QED) is 0.169. The smallest absolute Gasteiger partial charge is 0.262 e. The number of sulfonamides is 1. The zero-order valence-corrected chi connectivity index (χ0v) is 28.2. The Balaban J connectivity index is 1.73. The van der Waals surface area contributed by atoms with E-state index in [2.05, 4.69) is 38.9 Å². The van der Waals surface area contributed by atoms with Crippen LogP contribution in [0.25, 0.3) is 34.4 Å². The van der Waals surface area contributed by atoms with E-state index in [1.807, 2.05) is 0 Å². The summed E-state index contributed by atoms with van der Waals surface area (Å²) in [4.78, 5) is 8.40. The van der Waals surface area contributed by atoms with Gasteiger partial charge in [0.15, 0.2) is 11.6 Å². The molecule has 0 atom stereocenters. The van der Waals surface area contributed by atoms with E-state index in [4.69, 9.17) is 18.6 Å².